The van der Waals surface area contributed by atoms with Gasteiger partial charge in [-0.2, -0.15) is 0 Å². The standard InChI is InChI=1S/C16H22N2O6S/c1-18(9-8-15(19)20)16(21)17-12-4-6-14(7-5-12)25(22,23)11-13-3-2-10-24-13/h4-7,13H,2-3,8-11H2,1H3,(H,17,21)(H,19,20). The van der Waals surface area contributed by atoms with Gasteiger partial charge in [0, 0.05) is 25.9 Å². The lowest BCUT2D eigenvalue weighted by Crippen LogP contribution is -2.33. The number of carboxylic acid groups (broad SMARTS) is 1. The number of urea groups is 1. The number of anilines is 1. The van der Waals surface area contributed by atoms with Crippen molar-refractivity contribution in [2.45, 2.75) is 30.3 Å². The molecule has 1 aliphatic rings. The molecule has 1 unspecified atom stereocenters. The van der Waals surface area contributed by atoms with Gasteiger partial charge in [0.15, 0.2) is 9.84 Å². The van der Waals surface area contributed by atoms with Crippen LogP contribution in [0, 0.1) is 0 Å². The molecule has 1 heterocycles. The summed E-state index contributed by atoms with van der Waals surface area (Å²) >= 11 is 0. The molecule has 0 saturated carbocycles. The normalized spacial score (nSPS) is 17.2. The van der Waals surface area contributed by atoms with Crippen molar-refractivity contribution < 1.29 is 27.9 Å². The van der Waals surface area contributed by atoms with Crippen LogP contribution in [0.2, 0.25) is 0 Å². The predicted molar refractivity (Wildman–Crippen MR) is 91.4 cm³/mol. The summed E-state index contributed by atoms with van der Waals surface area (Å²) in [7, 11) is -1.95. The summed E-state index contributed by atoms with van der Waals surface area (Å²) in [5, 5.41) is 11.2. The van der Waals surface area contributed by atoms with E-state index in [0.717, 1.165) is 12.8 Å². The van der Waals surface area contributed by atoms with Gasteiger partial charge in [-0.15, -0.1) is 0 Å². The van der Waals surface area contributed by atoms with E-state index in [2.05, 4.69) is 5.32 Å². The second kappa shape index (κ2) is 8.30. The predicted octanol–water partition coefficient (Wildman–Crippen LogP) is 1.58. The van der Waals surface area contributed by atoms with Crippen molar-refractivity contribution in [3.05, 3.63) is 24.3 Å². The van der Waals surface area contributed by atoms with E-state index >= 15 is 0 Å². The molecule has 9 heteroatoms. The van der Waals surface area contributed by atoms with Gasteiger partial charge in [0.2, 0.25) is 0 Å². The third-order valence-electron chi connectivity index (χ3n) is 3.90. The molecular weight excluding hydrogens is 348 g/mol. The average molecular weight is 370 g/mol. The second-order valence-electron chi connectivity index (χ2n) is 5.94. The Morgan fingerprint density at radius 1 is 1.32 bits per heavy atom. The SMILES string of the molecule is CN(CCC(=O)O)C(=O)Nc1ccc(S(=O)(=O)CC2CCCO2)cc1. The van der Waals surface area contributed by atoms with Crippen molar-refractivity contribution >= 4 is 27.5 Å². The van der Waals surface area contributed by atoms with Crippen LogP contribution in [0.15, 0.2) is 29.2 Å². The van der Waals surface area contributed by atoms with Crippen LogP contribution in [0.3, 0.4) is 0 Å². The number of amides is 2. The molecule has 0 spiro atoms. The van der Waals surface area contributed by atoms with E-state index in [1.165, 1.54) is 36.2 Å². The van der Waals surface area contributed by atoms with Gasteiger partial charge in [-0.3, -0.25) is 4.79 Å². The van der Waals surface area contributed by atoms with Gasteiger partial charge in [-0.1, -0.05) is 0 Å². The molecule has 8 nitrogen and oxygen atoms in total. The molecule has 1 aliphatic heterocycles. The number of ether oxygens (including phenoxy) is 1. The molecule has 1 fully saturated rings. The zero-order valence-electron chi connectivity index (χ0n) is 14.0. The zero-order valence-corrected chi connectivity index (χ0v) is 14.8. The molecule has 1 saturated heterocycles. The molecule has 0 aromatic heterocycles. The first kappa shape index (κ1) is 19.2. The van der Waals surface area contributed by atoms with Crippen molar-refractivity contribution in [2.24, 2.45) is 0 Å². The van der Waals surface area contributed by atoms with Gasteiger partial charge in [0.1, 0.15) is 0 Å². The minimum atomic E-state index is -3.44. The number of hydrogen-bond donors (Lipinski definition) is 2. The number of sulfone groups is 1. The Labute approximate surface area is 146 Å². The molecule has 0 aliphatic carbocycles. The number of hydrogen-bond acceptors (Lipinski definition) is 5. The number of rotatable bonds is 7. The third-order valence-corrected chi connectivity index (χ3v) is 5.70. The minimum absolute atomic E-state index is 0.0450. The number of carbonyl (C=O) groups excluding carboxylic acids is 1. The number of carboxylic acids is 1. The zero-order chi connectivity index (χ0) is 18.4. The first-order valence-electron chi connectivity index (χ1n) is 7.96. The molecule has 25 heavy (non-hydrogen) atoms. The maximum atomic E-state index is 12.3. The lowest BCUT2D eigenvalue weighted by Gasteiger charge is -2.17. The van der Waals surface area contributed by atoms with Gasteiger partial charge in [-0.25, -0.2) is 13.2 Å². The Morgan fingerprint density at radius 3 is 2.56 bits per heavy atom. The molecule has 2 rings (SSSR count). The van der Waals surface area contributed by atoms with Crippen molar-refractivity contribution in [3.8, 4) is 0 Å². The summed E-state index contributed by atoms with van der Waals surface area (Å²) in [5.74, 6) is -1.03. The molecule has 0 bridgehead atoms. The maximum Gasteiger partial charge on any atom is 0.321 e. The van der Waals surface area contributed by atoms with Crippen LogP contribution in [0.4, 0.5) is 10.5 Å². The smallest absolute Gasteiger partial charge is 0.321 e. The Bertz CT molecular complexity index is 711. The van der Waals surface area contributed by atoms with Crippen LogP contribution in [-0.2, 0) is 19.4 Å². The highest BCUT2D eigenvalue weighted by Gasteiger charge is 2.24. The van der Waals surface area contributed by atoms with Crippen LogP contribution < -0.4 is 5.32 Å². The van der Waals surface area contributed by atoms with E-state index in [1.807, 2.05) is 0 Å². The first-order valence-corrected chi connectivity index (χ1v) is 9.61. The summed E-state index contributed by atoms with van der Waals surface area (Å²) in [5.41, 5.74) is 0.434. The molecule has 1 aromatic rings. The molecule has 1 aromatic carbocycles. The van der Waals surface area contributed by atoms with Crippen LogP contribution >= 0.6 is 0 Å². The van der Waals surface area contributed by atoms with E-state index in [1.54, 1.807) is 0 Å². The average Bonchev–Trinajstić information content (AvgIpc) is 3.05. The van der Waals surface area contributed by atoms with Gasteiger partial charge in [-0.05, 0) is 37.1 Å². The number of nitrogens with zero attached hydrogens (tertiary/aromatic N) is 1. The van der Waals surface area contributed by atoms with Crippen LogP contribution in [0.25, 0.3) is 0 Å². The van der Waals surface area contributed by atoms with E-state index in [4.69, 9.17) is 9.84 Å². The summed E-state index contributed by atoms with van der Waals surface area (Å²) in [6.45, 7) is 0.676. The molecule has 2 amide bonds. The Balaban J connectivity index is 1.94. The molecule has 1 atom stereocenters. The Kier molecular flexibility index (Phi) is 6.38. The largest absolute Gasteiger partial charge is 0.481 e. The number of aliphatic carboxylic acids is 1. The van der Waals surface area contributed by atoms with E-state index in [0.29, 0.717) is 12.3 Å². The third kappa shape index (κ3) is 5.71. The highest BCUT2D eigenvalue weighted by molar-refractivity contribution is 7.91. The van der Waals surface area contributed by atoms with Crippen molar-refractivity contribution in [2.75, 3.05) is 31.3 Å². The maximum absolute atomic E-state index is 12.3. The van der Waals surface area contributed by atoms with Gasteiger partial charge < -0.3 is 20.1 Å². The molecule has 138 valence electrons. The van der Waals surface area contributed by atoms with Crippen LogP contribution in [-0.4, -0.2) is 62.5 Å². The van der Waals surface area contributed by atoms with Crippen molar-refractivity contribution in [1.29, 1.82) is 0 Å². The lowest BCUT2D eigenvalue weighted by atomic mass is 10.3. The summed E-state index contributed by atoms with van der Waals surface area (Å²) in [6, 6.07) is 5.43. The summed E-state index contributed by atoms with van der Waals surface area (Å²) in [4.78, 5) is 23.9. The van der Waals surface area contributed by atoms with Gasteiger partial charge in [0.25, 0.3) is 0 Å². The number of carbonyl (C=O) groups is 2. The highest BCUT2D eigenvalue weighted by atomic mass is 32.2. The van der Waals surface area contributed by atoms with Crippen LogP contribution in [0.1, 0.15) is 19.3 Å². The fourth-order valence-corrected chi connectivity index (χ4v) is 3.94. The molecule has 2 N–H and O–H groups in total. The van der Waals surface area contributed by atoms with E-state index < -0.39 is 21.8 Å². The number of nitrogens with one attached hydrogen (secondary N) is 1. The fourth-order valence-electron chi connectivity index (χ4n) is 2.45. The van der Waals surface area contributed by atoms with E-state index in [9.17, 15) is 18.0 Å². The van der Waals surface area contributed by atoms with Gasteiger partial charge in [0.05, 0.1) is 23.2 Å². The highest BCUT2D eigenvalue weighted by Crippen LogP contribution is 2.20. The quantitative estimate of drug-likeness (QED) is 0.753. The van der Waals surface area contributed by atoms with Gasteiger partial charge >= 0.3 is 12.0 Å². The monoisotopic (exact) mass is 370 g/mol. The minimum Gasteiger partial charge on any atom is -0.481 e. The number of benzene rings is 1. The summed E-state index contributed by atoms with van der Waals surface area (Å²) in [6.07, 6.45) is 1.22. The summed E-state index contributed by atoms with van der Waals surface area (Å²) < 4.78 is 30.1. The van der Waals surface area contributed by atoms with Crippen molar-refractivity contribution in [3.63, 3.8) is 0 Å². The topological polar surface area (TPSA) is 113 Å². The van der Waals surface area contributed by atoms with Crippen molar-refractivity contribution in [1.82, 2.24) is 4.90 Å². The second-order valence-corrected chi connectivity index (χ2v) is 7.97. The van der Waals surface area contributed by atoms with E-state index in [-0.39, 0.29) is 29.7 Å². The van der Waals surface area contributed by atoms with Crippen LogP contribution in [0.5, 0.6) is 0 Å². The first-order chi connectivity index (χ1) is 11.8. The molecular formula is C16H22N2O6S. The lowest BCUT2D eigenvalue weighted by molar-refractivity contribution is -0.137. The molecule has 0 radical (unpaired) electrons. The Hall–Kier alpha value is -2.13. The fraction of sp³-hybridized carbons (Fsp3) is 0.500. The Morgan fingerprint density at radius 2 is 2.00 bits per heavy atom.